The summed E-state index contributed by atoms with van der Waals surface area (Å²) in [5, 5.41) is 76.1. The summed E-state index contributed by atoms with van der Waals surface area (Å²) in [5.41, 5.74) is 17.1. The first-order valence-electron chi connectivity index (χ1n) is 40.2. The van der Waals surface area contributed by atoms with Crippen molar-refractivity contribution in [1.82, 2.24) is 84.2 Å². The Morgan fingerprint density at radius 2 is 0.833 bits per heavy atom. The van der Waals surface area contributed by atoms with Gasteiger partial charge in [-0.1, -0.05) is 99.6 Å². The molecule has 3 fully saturated rings. The number of aliphatic carboxylic acids is 2. The lowest BCUT2D eigenvalue weighted by molar-refractivity contribution is -0.149. The number of nitrogens with zero attached hydrogens (tertiary/aromatic N) is 3. The highest BCUT2D eigenvalue weighted by Crippen LogP contribution is 2.27. The number of guanidine groups is 1. The number of carbonyl (C=O) groups is 19. The zero-order valence-electron chi connectivity index (χ0n) is 69.7. The number of carbonyl (C=O) groups excluding carboxylic acids is 17. The van der Waals surface area contributed by atoms with Gasteiger partial charge in [0.2, 0.25) is 100 Å². The van der Waals surface area contributed by atoms with Crippen LogP contribution in [-0.2, 0) is 97.5 Å². The van der Waals surface area contributed by atoms with Crippen LogP contribution < -0.4 is 91.6 Å². The number of fused-ring (bicyclic) bond motifs is 2. The number of carboxylic acid groups (broad SMARTS) is 2. The van der Waals surface area contributed by atoms with Crippen molar-refractivity contribution in [2.45, 2.75) is 257 Å². The zero-order valence-corrected chi connectivity index (χ0v) is 69.7. The number of aliphatic hydroxyl groups excluding tert-OH is 2. The predicted octanol–water partition coefficient (Wildman–Crippen LogP) is -6.63. The molecule has 43 heteroatoms. The fourth-order valence-corrected chi connectivity index (χ4v) is 13.5. The molecule has 15 atom stereocenters. The molecule has 0 bridgehead atoms. The second-order valence-electron chi connectivity index (χ2n) is 31.9. The van der Waals surface area contributed by atoms with Crippen molar-refractivity contribution in [1.29, 1.82) is 0 Å². The molecule has 0 spiro atoms. The monoisotopic (exact) mass is 1690 g/mol. The number of primary amides is 1. The molecule has 43 nitrogen and oxygen atoms in total. The highest BCUT2D eigenvalue weighted by atomic mass is 16.4. The zero-order chi connectivity index (χ0) is 90.1. The number of hydrogen-bond donors (Lipinski definition) is 21. The molecule has 3 saturated heterocycles. The Labute approximate surface area is 695 Å². The van der Waals surface area contributed by atoms with Crippen LogP contribution in [0.2, 0.25) is 0 Å². The number of amides is 17. The number of carboxylic acids is 2. The van der Waals surface area contributed by atoms with Gasteiger partial charge in [-0.3, -0.25) is 96.1 Å². The van der Waals surface area contributed by atoms with Crippen molar-refractivity contribution in [2.24, 2.45) is 51.8 Å². The van der Waals surface area contributed by atoms with Gasteiger partial charge >= 0.3 is 11.9 Å². The van der Waals surface area contributed by atoms with Crippen LogP contribution in [0.15, 0.2) is 35.3 Å². The van der Waals surface area contributed by atoms with E-state index in [9.17, 15) is 112 Å². The van der Waals surface area contributed by atoms with E-state index in [2.05, 4.69) is 79.4 Å². The standard InChI is InChI=1S/C77H122N20O23/c1-37(2)30-45-65(109)85-46(31-38(3)4)68(112)93-60(40(7)8)72(116)90-47(32-43-18-13-12-14-19-43)63(107)82-27-23-55(101)81-26-24-56(102)92-59(39(5)6)73(117)95-62(42(11)99)74(118)84-44(20-15-25-83-77(79)80)64(108)87-48(33-54(78)100)66(110)88-50(35-58(105)106)69(113)94-61(41(9)10)76(120)97-29-17-22-53(97)75(119)96-28-16-21-52(96)71(115)89-49(34-57(103)104)67(111)91-51(36-98)70(114)86-45/h12-14,18-19,37-42,44-53,59-62,98-99H,15-17,20-36H2,1-11H3,(H2,78,100)(H,81,101)(H,82,107)(H,84,118)(H,85,109)(H,86,114)(H,87,108)(H,88,110)(H,89,115)(H,90,116)(H,91,111)(H,92,102)(H,93,112)(H,94,113)(H,95,117)(H,103,104)(H,105,106)(H4,79,80,83)/t42-,44+,45+,46+,47+,48+,49+,50+,51+,52+,53+,59+,60+,61+,62+/m1/s1. The SMILES string of the molecule is CC(C)C[C@@H]1NC(=O)[C@H](CO)NC(=O)[C@H](CC(=O)O)NC(=O)[C@@H]2CCCN2C(=O)[C@@H]2CCCN2C(=O)[C@H](C(C)C)NC(=O)[C@H](CC(=O)O)NC(=O)[C@H](CC(N)=O)NC(=O)[C@H](CCCN=C(N)N)NC(=O)[C@H]([C@@H](C)O)NC(=O)[C@H](C(C)C)NC(=O)CCNC(=O)CCNC(=O)[C@H](Cc2ccccc2)NC(=O)[C@H](C(C)C)NC(=O)[C@H](CC(C)C)NC1=O. The van der Waals surface area contributed by atoms with Gasteiger partial charge in [0.1, 0.15) is 84.6 Å². The largest absolute Gasteiger partial charge is 0.481 e. The summed E-state index contributed by atoms with van der Waals surface area (Å²) < 4.78 is 0. The molecule has 3 heterocycles. The topological polar surface area (TPSA) is 671 Å². The van der Waals surface area contributed by atoms with Crippen LogP contribution in [0.4, 0.5) is 0 Å². The fraction of sp³-hybridized carbons (Fsp3) is 0.662. The molecule has 1 aromatic carbocycles. The molecule has 0 unspecified atom stereocenters. The van der Waals surface area contributed by atoms with Gasteiger partial charge < -0.3 is 122 Å². The third-order valence-corrected chi connectivity index (χ3v) is 19.8. The number of hydrogen-bond acceptors (Lipinski definition) is 22. The summed E-state index contributed by atoms with van der Waals surface area (Å²) in [5.74, 6) is -23.9. The maximum atomic E-state index is 14.8. The smallest absolute Gasteiger partial charge is 0.305 e. The van der Waals surface area contributed by atoms with Crippen molar-refractivity contribution in [3.8, 4) is 0 Å². The van der Waals surface area contributed by atoms with Gasteiger partial charge in [-0.2, -0.15) is 0 Å². The van der Waals surface area contributed by atoms with Crippen LogP contribution >= 0.6 is 0 Å². The molecule has 17 amide bonds. The van der Waals surface area contributed by atoms with Gasteiger partial charge in [0.15, 0.2) is 5.96 Å². The van der Waals surface area contributed by atoms with E-state index in [1.54, 1.807) is 71.9 Å². The van der Waals surface area contributed by atoms with Crippen LogP contribution in [-0.4, -0.2) is 279 Å². The number of nitrogens with two attached hydrogens (primary N) is 3. The van der Waals surface area contributed by atoms with E-state index in [0.29, 0.717) is 5.56 Å². The van der Waals surface area contributed by atoms with Crippen LogP contribution in [0.3, 0.4) is 0 Å². The molecular weight excluding hydrogens is 1570 g/mol. The number of aliphatic hydroxyl groups is 2. The van der Waals surface area contributed by atoms with Crippen molar-refractivity contribution < 1.29 is 112 Å². The molecule has 668 valence electrons. The number of nitrogens with one attached hydrogen (secondary N) is 14. The van der Waals surface area contributed by atoms with Gasteiger partial charge in [0.05, 0.1) is 32.0 Å². The van der Waals surface area contributed by atoms with Gasteiger partial charge in [-0.05, 0) is 93.4 Å². The Bertz CT molecular complexity index is 3840. The third-order valence-electron chi connectivity index (χ3n) is 19.8. The van der Waals surface area contributed by atoms with E-state index in [4.69, 9.17) is 17.2 Å². The molecule has 0 aliphatic carbocycles. The number of benzene rings is 1. The summed E-state index contributed by atoms with van der Waals surface area (Å²) >= 11 is 0. The molecule has 4 rings (SSSR count). The fourth-order valence-electron chi connectivity index (χ4n) is 13.5. The van der Waals surface area contributed by atoms with Crippen molar-refractivity contribution >= 4 is 118 Å². The van der Waals surface area contributed by atoms with Crippen LogP contribution in [0.1, 0.15) is 165 Å². The Hall–Kier alpha value is -11.7. The molecule has 3 aliphatic heterocycles. The van der Waals surface area contributed by atoms with Crippen LogP contribution in [0, 0.1) is 29.6 Å². The third kappa shape index (κ3) is 32.9. The predicted molar refractivity (Wildman–Crippen MR) is 428 cm³/mol. The summed E-state index contributed by atoms with van der Waals surface area (Å²) in [6, 6.07) is -14.4. The molecule has 0 radical (unpaired) electrons. The molecule has 0 saturated carbocycles. The second kappa shape index (κ2) is 49.0. The summed E-state index contributed by atoms with van der Waals surface area (Å²) in [6.07, 6.45) is -6.19. The Balaban J connectivity index is 1.78. The minimum Gasteiger partial charge on any atom is -0.481 e. The van der Waals surface area contributed by atoms with E-state index in [1.807, 2.05) is 0 Å². The van der Waals surface area contributed by atoms with Gasteiger partial charge in [-0.25, -0.2) is 0 Å². The first-order chi connectivity index (χ1) is 56.3. The second-order valence-corrected chi connectivity index (χ2v) is 31.9. The number of rotatable bonds is 21. The quantitative estimate of drug-likeness (QED) is 0.0309. The molecule has 0 aromatic heterocycles. The Morgan fingerprint density at radius 1 is 0.433 bits per heavy atom. The lowest BCUT2D eigenvalue weighted by Crippen LogP contribution is -2.62. The average molecular weight is 1700 g/mol. The summed E-state index contributed by atoms with van der Waals surface area (Å²) in [7, 11) is 0. The molecule has 24 N–H and O–H groups in total. The van der Waals surface area contributed by atoms with Crippen LogP contribution in [0.25, 0.3) is 0 Å². The maximum Gasteiger partial charge on any atom is 0.305 e. The summed E-state index contributed by atoms with van der Waals surface area (Å²) in [4.78, 5) is 271. The highest BCUT2D eigenvalue weighted by molar-refractivity contribution is 6.02. The molecule has 1 aromatic rings. The normalized spacial score (nSPS) is 26.3. The maximum absolute atomic E-state index is 14.8. The van der Waals surface area contributed by atoms with Crippen molar-refractivity contribution in [3.63, 3.8) is 0 Å². The highest BCUT2D eigenvalue weighted by Gasteiger charge is 2.47. The Morgan fingerprint density at radius 3 is 1.34 bits per heavy atom. The van der Waals surface area contributed by atoms with E-state index in [0.717, 1.165) is 16.7 Å². The molecule has 120 heavy (non-hydrogen) atoms. The van der Waals surface area contributed by atoms with E-state index in [-0.39, 0.29) is 115 Å². The van der Waals surface area contributed by atoms with Gasteiger partial charge in [-0.15, -0.1) is 0 Å². The molecule has 3 aliphatic rings. The van der Waals surface area contributed by atoms with E-state index >= 15 is 0 Å². The first kappa shape index (κ1) is 101. The van der Waals surface area contributed by atoms with Crippen molar-refractivity contribution in [2.75, 3.05) is 39.3 Å². The van der Waals surface area contributed by atoms with E-state index in [1.165, 1.54) is 27.7 Å². The minimum atomic E-state index is -2.10. The van der Waals surface area contributed by atoms with Gasteiger partial charge in [0, 0.05) is 52.0 Å². The summed E-state index contributed by atoms with van der Waals surface area (Å²) in [6.45, 7) is 15.1. The lowest BCUT2D eigenvalue weighted by Gasteiger charge is -2.34. The van der Waals surface area contributed by atoms with E-state index < -0.39 is 253 Å². The number of aliphatic imine (C=N–C) groups is 1. The van der Waals surface area contributed by atoms with Crippen LogP contribution in [0.5, 0.6) is 0 Å². The average Bonchev–Trinajstić information content (AvgIpc) is 1.63. The Kier molecular flexibility index (Phi) is 41.1. The lowest BCUT2D eigenvalue weighted by atomic mass is 9.98. The molecular formula is C77H122N20O23. The first-order valence-corrected chi connectivity index (χ1v) is 40.2. The van der Waals surface area contributed by atoms with Crippen molar-refractivity contribution in [3.05, 3.63) is 35.9 Å². The minimum absolute atomic E-state index is 0.00223. The van der Waals surface area contributed by atoms with Gasteiger partial charge in [0.25, 0.3) is 0 Å².